The number of nitrogens with zero attached hydrogens (tertiary/aromatic N) is 1. The summed E-state index contributed by atoms with van der Waals surface area (Å²) in [5.74, 6) is 0.959. The van der Waals surface area contributed by atoms with Crippen molar-refractivity contribution in [1.82, 2.24) is 4.90 Å². The van der Waals surface area contributed by atoms with Crippen molar-refractivity contribution in [3.05, 3.63) is 30.3 Å². The smallest absolute Gasteiger partial charge is 0.119 e. The second-order valence-corrected chi connectivity index (χ2v) is 5.34. The Morgan fingerprint density at radius 2 is 2.00 bits per heavy atom. The van der Waals surface area contributed by atoms with Gasteiger partial charge in [0.05, 0.1) is 6.61 Å². The van der Waals surface area contributed by atoms with E-state index in [2.05, 4.69) is 11.8 Å². The average molecular weight is 248 g/mol. The predicted molar refractivity (Wildman–Crippen MR) is 74.8 cm³/mol. The molecule has 2 rings (SSSR count). The van der Waals surface area contributed by atoms with Gasteiger partial charge in [-0.15, -0.1) is 0 Å². The van der Waals surface area contributed by atoms with Gasteiger partial charge in [-0.25, -0.2) is 0 Å². The van der Waals surface area contributed by atoms with Crippen LogP contribution in [0.2, 0.25) is 0 Å². The van der Waals surface area contributed by atoms with Gasteiger partial charge >= 0.3 is 0 Å². The Morgan fingerprint density at radius 3 is 2.67 bits per heavy atom. The molecule has 0 unspecified atom stereocenters. The number of nitrogens with two attached hydrogens (primary N) is 1. The van der Waals surface area contributed by atoms with Crippen molar-refractivity contribution in [2.24, 2.45) is 5.73 Å². The minimum absolute atomic E-state index is 0.0923. The topological polar surface area (TPSA) is 38.5 Å². The first-order valence-electron chi connectivity index (χ1n) is 6.91. The fourth-order valence-corrected chi connectivity index (χ4v) is 2.65. The minimum Gasteiger partial charge on any atom is -0.494 e. The SMILES string of the molecule is CCCC1(N)CN(CCCOc2ccccc2)C1. The summed E-state index contributed by atoms with van der Waals surface area (Å²) in [6.45, 7) is 6.17. The van der Waals surface area contributed by atoms with E-state index in [9.17, 15) is 0 Å². The van der Waals surface area contributed by atoms with Crippen LogP contribution in [0.3, 0.4) is 0 Å². The van der Waals surface area contributed by atoms with Crippen molar-refractivity contribution in [2.45, 2.75) is 31.7 Å². The van der Waals surface area contributed by atoms with Gasteiger partial charge in [0.25, 0.3) is 0 Å². The van der Waals surface area contributed by atoms with Gasteiger partial charge in [-0.2, -0.15) is 0 Å². The van der Waals surface area contributed by atoms with E-state index in [0.29, 0.717) is 0 Å². The van der Waals surface area contributed by atoms with E-state index < -0.39 is 0 Å². The van der Waals surface area contributed by atoms with Crippen molar-refractivity contribution in [1.29, 1.82) is 0 Å². The standard InChI is InChI=1S/C15H24N2O/c1-2-9-15(16)12-17(13-15)10-6-11-18-14-7-4-3-5-8-14/h3-5,7-8H,2,6,9-13,16H2,1H3. The summed E-state index contributed by atoms with van der Waals surface area (Å²) in [4.78, 5) is 2.42. The number of benzene rings is 1. The summed E-state index contributed by atoms with van der Waals surface area (Å²) >= 11 is 0. The van der Waals surface area contributed by atoms with Crippen LogP contribution in [0.1, 0.15) is 26.2 Å². The zero-order chi connectivity index (χ0) is 12.8. The quantitative estimate of drug-likeness (QED) is 0.752. The lowest BCUT2D eigenvalue weighted by atomic mass is 9.86. The van der Waals surface area contributed by atoms with Gasteiger partial charge in [-0.05, 0) is 25.0 Å². The van der Waals surface area contributed by atoms with Crippen LogP contribution in [0.5, 0.6) is 5.75 Å². The van der Waals surface area contributed by atoms with Gasteiger partial charge in [0.1, 0.15) is 5.75 Å². The Balaban J connectivity index is 1.55. The Hall–Kier alpha value is -1.06. The molecular formula is C15H24N2O. The van der Waals surface area contributed by atoms with Crippen LogP contribution in [0, 0.1) is 0 Å². The molecule has 2 N–H and O–H groups in total. The first-order valence-corrected chi connectivity index (χ1v) is 6.91. The lowest BCUT2D eigenvalue weighted by Crippen LogP contribution is -2.67. The summed E-state index contributed by atoms with van der Waals surface area (Å²) in [5, 5.41) is 0. The fourth-order valence-electron chi connectivity index (χ4n) is 2.65. The average Bonchev–Trinajstić information content (AvgIpc) is 2.34. The number of hydrogen-bond donors (Lipinski definition) is 1. The third kappa shape index (κ3) is 3.72. The first kappa shape index (κ1) is 13.4. The molecule has 1 heterocycles. The Kier molecular flexibility index (Phi) is 4.61. The van der Waals surface area contributed by atoms with Gasteiger partial charge < -0.3 is 10.5 Å². The molecule has 100 valence electrons. The lowest BCUT2D eigenvalue weighted by molar-refractivity contribution is 0.0591. The Labute approximate surface area is 110 Å². The minimum atomic E-state index is 0.0923. The zero-order valence-electron chi connectivity index (χ0n) is 11.3. The maximum atomic E-state index is 6.23. The molecule has 0 saturated carbocycles. The van der Waals surface area contributed by atoms with Crippen LogP contribution >= 0.6 is 0 Å². The number of ether oxygens (including phenoxy) is 1. The van der Waals surface area contributed by atoms with Gasteiger partial charge in [0.2, 0.25) is 0 Å². The van der Waals surface area contributed by atoms with Crippen LogP contribution in [-0.4, -0.2) is 36.7 Å². The summed E-state index contributed by atoms with van der Waals surface area (Å²) in [6.07, 6.45) is 3.39. The van der Waals surface area contributed by atoms with Crippen molar-refractivity contribution in [3.63, 3.8) is 0 Å². The van der Waals surface area contributed by atoms with Crippen LogP contribution in [0.25, 0.3) is 0 Å². The molecule has 1 aliphatic heterocycles. The molecule has 18 heavy (non-hydrogen) atoms. The highest BCUT2D eigenvalue weighted by Gasteiger charge is 2.37. The van der Waals surface area contributed by atoms with Crippen LogP contribution in [0.4, 0.5) is 0 Å². The van der Waals surface area contributed by atoms with Gasteiger partial charge in [-0.3, -0.25) is 4.90 Å². The molecule has 1 aromatic rings. The summed E-state index contributed by atoms with van der Waals surface area (Å²) in [6, 6.07) is 9.99. The van der Waals surface area contributed by atoms with Crippen molar-refractivity contribution in [3.8, 4) is 5.75 Å². The van der Waals surface area contributed by atoms with E-state index in [-0.39, 0.29) is 5.54 Å². The molecule has 1 aliphatic rings. The lowest BCUT2D eigenvalue weighted by Gasteiger charge is -2.48. The van der Waals surface area contributed by atoms with Crippen molar-refractivity contribution < 1.29 is 4.74 Å². The molecular weight excluding hydrogens is 224 g/mol. The van der Waals surface area contributed by atoms with E-state index in [1.165, 1.54) is 6.42 Å². The highest BCUT2D eigenvalue weighted by molar-refractivity contribution is 5.20. The summed E-state index contributed by atoms with van der Waals surface area (Å²) in [5.41, 5.74) is 6.32. The van der Waals surface area contributed by atoms with E-state index in [1.54, 1.807) is 0 Å². The Bertz CT molecular complexity index is 347. The molecule has 0 amide bonds. The third-order valence-corrected chi connectivity index (χ3v) is 3.46. The highest BCUT2D eigenvalue weighted by Crippen LogP contribution is 2.23. The largest absolute Gasteiger partial charge is 0.494 e. The second-order valence-electron chi connectivity index (χ2n) is 5.34. The molecule has 1 aromatic carbocycles. The molecule has 1 fully saturated rings. The van der Waals surface area contributed by atoms with Crippen molar-refractivity contribution >= 4 is 0 Å². The second kappa shape index (κ2) is 6.21. The van der Waals surface area contributed by atoms with Gasteiger partial charge in [0, 0.05) is 25.2 Å². The van der Waals surface area contributed by atoms with Crippen LogP contribution < -0.4 is 10.5 Å². The molecule has 3 nitrogen and oxygen atoms in total. The molecule has 3 heteroatoms. The monoisotopic (exact) mass is 248 g/mol. The zero-order valence-corrected chi connectivity index (χ0v) is 11.3. The molecule has 0 aromatic heterocycles. The predicted octanol–water partition coefficient (Wildman–Crippen LogP) is 2.27. The van der Waals surface area contributed by atoms with E-state index >= 15 is 0 Å². The molecule has 0 bridgehead atoms. The molecule has 0 radical (unpaired) electrons. The Morgan fingerprint density at radius 1 is 1.28 bits per heavy atom. The summed E-state index contributed by atoms with van der Waals surface area (Å²) < 4.78 is 5.67. The maximum absolute atomic E-state index is 6.23. The molecule has 1 saturated heterocycles. The normalized spacial score (nSPS) is 18.3. The maximum Gasteiger partial charge on any atom is 0.119 e. The molecule has 0 spiro atoms. The number of hydrogen-bond acceptors (Lipinski definition) is 3. The van der Waals surface area contributed by atoms with Crippen LogP contribution in [0.15, 0.2) is 30.3 Å². The van der Waals surface area contributed by atoms with E-state index in [0.717, 1.165) is 44.8 Å². The number of likely N-dealkylation sites (tertiary alicyclic amines) is 1. The fraction of sp³-hybridized carbons (Fsp3) is 0.600. The number of para-hydroxylation sites is 1. The van der Waals surface area contributed by atoms with E-state index in [1.807, 2.05) is 30.3 Å². The number of rotatable bonds is 7. The first-order chi connectivity index (χ1) is 8.72. The van der Waals surface area contributed by atoms with Crippen LogP contribution in [-0.2, 0) is 0 Å². The van der Waals surface area contributed by atoms with Gasteiger partial charge in [0.15, 0.2) is 0 Å². The highest BCUT2D eigenvalue weighted by atomic mass is 16.5. The van der Waals surface area contributed by atoms with Gasteiger partial charge in [-0.1, -0.05) is 31.5 Å². The molecule has 0 aliphatic carbocycles. The van der Waals surface area contributed by atoms with E-state index in [4.69, 9.17) is 10.5 Å². The van der Waals surface area contributed by atoms with Crippen molar-refractivity contribution in [2.75, 3.05) is 26.2 Å². The molecule has 0 atom stereocenters. The summed E-state index contributed by atoms with van der Waals surface area (Å²) in [7, 11) is 0. The third-order valence-electron chi connectivity index (χ3n) is 3.46.